The summed E-state index contributed by atoms with van der Waals surface area (Å²) in [6.45, 7) is 5.27. The van der Waals surface area contributed by atoms with Crippen LogP contribution >= 0.6 is 36.2 Å². The molecule has 0 bridgehead atoms. The third-order valence-electron chi connectivity index (χ3n) is 4.45. The van der Waals surface area contributed by atoms with Gasteiger partial charge in [-0.3, -0.25) is 9.69 Å². The summed E-state index contributed by atoms with van der Waals surface area (Å²) < 4.78 is 0. The van der Waals surface area contributed by atoms with Crippen LogP contribution in [0.4, 0.5) is 0 Å². The van der Waals surface area contributed by atoms with Gasteiger partial charge in [-0.25, -0.2) is 0 Å². The van der Waals surface area contributed by atoms with Gasteiger partial charge in [0.15, 0.2) is 0 Å². The van der Waals surface area contributed by atoms with Crippen LogP contribution in [-0.2, 0) is 23.3 Å². The minimum Gasteiger partial charge on any atom is -0.353 e. The molecule has 1 aromatic heterocycles. The molecule has 0 saturated heterocycles. The standard InChI is InChI=1S/C18H23N3OS.2ClH/c1-18(19,15-5-3-2-4-6-15)17(22)20-9-11-21-10-7-16-14(13-21)8-12-23-16;;/h2-6,8,12H,7,9-11,13,19H2,1H3,(H,20,22);2*1H. The summed E-state index contributed by atoms with van der Waals surface area (Å²) in [5, 5.41) is 5.15. The summed E-state index contributed by atoms with van der Waals surface area (Å²) in [5.41, 5.74) is 7.49. The van der Waals surface area contributed by atoms with Crippen LogP contribution in [0.15, 0.2) is 41.8 Å². The molecule has 1 aliphatic heterocycles. The molecule has 25 heavy (non-hydrogen) atoms. The van der Waals surface area contributed by atoms with Crippen molar-refractivity contribution in [1.29, 1.82) is 0 Å². The Labute approximate surface area is 165 Å². The number of nitrogens with one attached hydrogen (secondary N) is 1. The highest BCUT2D eigenvalue weighted by Crippen LogP contribution is 2.23. The molecule has 3 rings (SSSR count). The van der Waals surface area contributed by atoms with Gasteiger partial charge in [0.25, 0.3) is 0 Å². The third-order valence-corrected chi connectivity index (χ3v) is 5.47. The molecule has 0 fully saturated rings. The number of benzene rings is 1. The van der Waals surface area contributed by atoms with Crippen LogP contribution in [0.25, 0.3) is 0 Å². The summed E-state index contributed by atoms with van der Waals surface area (Å²) in [6, 6.07) is 11.7. The van der Waals surface area contributed by atoms with Crippen LogP contribution in [0.5, 0.6) is 0 Å². The number of carbonyl (C=O) groups is 1. The van der Waals surface area contributed by atoms with E-state index in [0.717, 1.165) is 31.6 Å². The molecule has 7 heteroatoms. The molecular formula is C18H25Cl2N3OS. The molecule has 2 aromatic rings. The van der Waals surface area contributed by atoms with Crippen LogP contribution < -0.4 is 11.1 Å². The number of thiophene rings is 1. The van der Waals surface area contributed by atoms with E-state index in [-0.39, 0.29) is 30.7 Å². The Morgan fingerprint density at radius 1 is 1.28 bits per heavy atom. The minimum atomic E-state index is -0.996. The lowest BCUT2D eigenvalue weighted by Crippen LogP contribution is -2.50. The second-order valence-corrected chi connectivity index (χ2v) is 7.22. The van der Waals surface area contributed by atoms with Crippen molar-refractivity contribution in [2.75, 3.05) is 19.6 Å². The molecular weight excluding hydrogens is 377 g/mol. The maximum atomic E-state index is 12.4. The first-order valence-electron chi connectivity index (χ1n) is 7.97. The van der Waals surface area contributed by atoms with E-state index in [1.807, 2.05) is 41.7 Å². The van der Waals surface area contributed by atoms with Crippen molar-refractivity contribution < 1.29 is 4.79 Å². The lowest BCUT2D eigenvalue weighted by atomic mass is 9.92. The number of nitrogens with two attached hydrogens (primary N) is 1. The summed E-state index contributed by atoms with van der Waals surface area (Å²) in [6.07, 6.45) is 1.11. The normalized spacial score (nSPS) is 15.9. The van der Waals surface area contributed by atoms with E-state index in [9.17, 15) is 4.79 Å². The zero-order valence-corrected chi connectivity index (χ0v) is 16.7. The molecule has 0 radical (unpaired) electrons. The number of hydrogen-bond acceptors (Lipinski definition) is 4. The Morgan fingerprint density at radius 3 is 2.72 bits per heavy atom. The van der Waals surface area contributed by atoms with E-state index in [0.29, 0.717) is 6.54 Å². The Kier molecular flexibility index (Phi) is 8.38. The van der Waals surface area contributed by atoms with Crippen LogP contribution in [-0.4, -0.2) is 30.4 Å². The van der Waals surface area contributed by atoms with Gasteiger partial charge in [-0.05, 0) is 35.9 Å². The smallest absolute Gasteiger partial charge is 0.244 e. The van der Waals surface area contributed by atoms with Crippen molar-refractivity contribution in [3.8, 4) is 0 Å². The number of nitrogens with zero attached hydrogens (tertiary/aromatic N) is 1. The van der Waals surface area contributed by atoms with Gasteiger partial charge in [-0.15, -0.1) is 36.2 Å². The average Bonchev–Trinajstić information content (AvgIpc) is 3.03. The molecule has 1 amide bonds. The molecule has 0 spiro atoms. The van der Waals surface area contributed by atoms with Crippen molar-refractivity contribution in [3.63, 3.8) is 0 Å². The molecule has 1 aliphatic rings. The zero-order chi connectivity index (χ0) is 16.3. The average molecular weight is 402 g/mol. The summed E-state index contributed by atoms with van der Waals surface area (Å²) >= 11 is 1.84. The van der Waals surface area contributed by atoms with Crippen molar-refractivity contribution in [2.45, 2.75) is 25.4 Å². The van der Waals surface area contributed by atoms with Gasteiger partial charge in [-0.1, -0.05) is 30.3 Å². The van der Waals surface area contributed by atoms with E-state index in [1.54, 1.807) is 6.92 Å². The van der Waals surface area contributed by atoms with Gasteiger partial charge in [0.05, 0.1) is 0 Å². The minimum absolute atomic E-state index is 0. The SMILES string of the molecule is CC(N)(C(=O)NCCN1CCc2sccc2C1)c1ccccc1.Cl.Cl. The summed E-state index contributed by atoms with van der Waals surface area (Å²) in [4.78, 5) is 16.3. The predicted molar refractivity (Wildman–Crippen MR) is 109 cm³/mol. The van der Waals surface area contributed by atoms with Crippen LogP contribution in [0.3, 0.4) is 0 Å². The van der Waals surface area contributed by atoms with E-state index in [1.165, 1.54) is 10.4 Å². The highest BCUT2D eigenvalue weighted by molar-refractivity contribution is 7.10. The Balaban J connectivity index is 0.00000156. The van der Waals surface area contributed by atoms with Crippen LogP contribution in [0.1, 0.15) is 22.9 Å². The van der Waals surface area contributed by atoms with Crippen LogP contribution in [0, 0.1) is 0 Å². The third kappa shape index (κ3) is 5.19. The summed E-state index contributed by atoms with van der Waals surface area (Å²) in [5.74, 6) is -0.128. The number of carbonyl (C=O) groups excluding carboxylic acids is 1. The second kappa shape index (κ2) is 9.55. The van der Waals surface area contributed by atoms with Gasteiger partial charge in [0.2, 0.25) is 5.91 Å². The number of halogens is 2. The zero-order valence-electron chi connectivity index (χ0n) is 14.2. The quantitative estimate of drug-likeness (QED) is 0.809. The number of fused-ring (bicyclic) bond motifs is 1. The van der Waals surface area contributed by atoms with E-state index >= 15 is 0 Å². The monoisotopic (exact) mass is 401 g/mol. The molecule has 3 N–H and O–H groups in total. The van der Waals surface area contributed by atoms with E-state index in [2.05, 4.69) is 21.7 Å². The molecule has 0 saturated carbocycles. The van der Waals surface area contributed by atoms with E-state index in [4.69, 9.17) is 5.73 Å². The van der Waals surface area contributed by atoms with Gasteiger partial charge in [-0.2, -0.15) is 0 Å². The molecule has 0 aliphatic carbocycles. The second-order valence-electron chi connectivity index (χ2n) is 6.22. The fourth-order valence-corrected chi connectivity index (χ4v) is 3.81. The number of hydrogen-bond donors (Lipinski definition) is 2. The molecule has 2 heterocycles. The first-order valence-corrected chi connectivity index (χ1v) is 8.85. The summed E-state index contributed by atoms with van der Waals surface area (Å²) in [7, 11) is 0. The first kappa shape index (κ1) is 21.9. The fraction of sp³-hybridized carbons (Fsp3) is 0.389. The topological polar surface area (TPSA) is 58.4 Å². The Morgan fingerprint density at radius 2 is 2.00 bits per heavy atom. The van der Waals surface area contributed by atoms with Crippen molar-refractivity contribution >= 4 is 42.1 Å². The fourth-order valence-electron chi connectivity index (χ4n) is 2.92. The largest absolute Gasteiger partial charge is 0.353 e. The van der Waals surface area contributed by atoms with Gasteiger partial charge in [0.1, 0.15) is 5.54 Å². The molecule has 1 aromatic carbocycles. The van der Waals surface area contributed by atoms with E-state index < -0.39 is 5.54 Å². The molecule has 1 unspecified atom stereocenters. The number of amides is 1. The molecule has 138 valence electrons. The first-order chi connectivity index (χ1) is 11.1. The lowest BCUT2D eigenvalue weighted by Gasteiger charge is -2.28. The van der Waals surface area contributed by atoms with Crippen molar-refractivity contribution in [2.24, 2.45) is 5.73 Å². The lowest BCUT2D eigenvalue weighted by molar-refractivity contribution is -0.126. The maximum Gasteiger partial charge on any atom is 0.244 e. The highest BCUT2D eigenvalue weighted by Gasteiger charge is 2.30. The van der Waals surface area contributed by atoms with Gasteiger partial charge in [0, 0.05) is 31.1 Å². The number of rotatable bonds is 5. The van der Waals surface area contributed by atoms with Crippen molar-refractivity contribution in [3.05, 3.63) is 57.8 Å². The Bertz CT molecular complexity index is 676. The molecule has 4 nitrogen and oxygen atoms in total. The van der Waals surface area contributed by atoms with Gasteiger partial charge < -0.3 is 11.1 Å². The Hall–Kier alpha value is -1.11. The van der Waals surface area contributed by atoms with Crippen LogP contribution in [0.2, 0.25) is 0 Å². The maximum absolute atomic E-state index is 12.4. The predicted octanol–water partition coefficient (Wildman–Crippen LogP) is 2.94. The highest BCUT2D eigenvalue weighted by atomic mass is 35.5. The van der Waals surface area contributed by atoms with Crippen molar-refractivity contribution in [1.82, 2.24) is 10.2 Å². The molecule has 1 atom stereocenters. The van der Waals surface area contributed by atoms with Gasteiger partial charge >= 0.3 is 0 Å².